The fraction of sp³-hybridized carbons (Fsp3) is 0.250. The number of nitrogens with zero attached hydrogens (tertiary/aromatic N) is 1. The second kappa shape index (κ2) is 11.3. The molecule has 7 heteroatoms. The number of para-hydroxylation sites is 1. The third-order valence-corrected chi connectivity index (χ3v) is 5.99. The molecular weight excluding hydrogens is 442 g/mol. The Morgan fingerprint density at radius 1 is 0.971 bits per heavy atom. The van der Waals surface area contributed by atoms with E-state index in [2.05, 4.69) is 10.6 Å². The lowest BCUT2D eigenvalue weighted by molar-refractivity contribution is -0.126. The summed E-state index contributed by atoms with van der Waals surface area (Å²) in [7, 11) is 0. The molecule has 3 aromatic carbocycles. The van der Waals surface area contributed by atoms with Crippen LogP contribution in [0.15, 0.2) is 78.9 Å². The first-order chi connectivity index (χ1) is 17.0. The highest BCUT2D eigenvalue weighted by molar-refractivity contribution is 6.00. The summed E-state index contributed by atoms with van der Waals surface area (Å²) in [5.41, 5.74) is 3.59. The van der Waals surface area contributed by atoms with E-state index >= 15 is 0 Å². The maximum atomic E-state index is 12.6. The zero-order valence-corrected chi connectivity index (χ0v) is 19.7. The molecule has 1 heterocycles. The number of anilines is 2. The van der Waals surface area contributed by atoms with E-state index in [1.807, 2.05) is 61.5 Å². The van der Waals surface area contributed by atoms with Gasteiger partial charge in [-0.25, -0.2) is 0 Å². The predicted octanol–water partition coefficient (Wildman–Crippen LogP) is 3.72. The molecule has 0 radical (unpaired) electrons. The van der Waals surface area contributed by atoms with Crippen molar-refractivity contribution >= 4 is 29.1 Å². The summed E-state index contributed by atoms with van der Waals surface area (Å²) in [6.45, 7) is 2.68. The molecule has 0 bridgehead atoms. The topological polar surface area (TPSA) is 87.7 Å². The van der Waals surface area contributed by atoms with Crippen molar-refractivity contribution in [3.63, 3.8) is 0 Å². The van der Waals surface area contributed by atoms with Crippen molar-refractivity contribution in [1.29, 1.82) is 0 Å². The van der Waals surface area contributed by atoms with E-state index in [0.717, 1.165) is 23.2 Å². The van der Waals surface area contributed by atoms with Gasteiger partial charge in [-0.3, -0.25) is 14.4 Å². The lowest BCUT2D eigenvalue weighted by Gasteiger charge is -2.17. The molecule has 3 amide bonds. The van der Waals surface area contributed by atoms with Crippen LogP contribution in [0.5, 0.6) is 5.75 Å². The maximum Gasteiger partial charge on any atom is 0.262 e. The van der Waals surface area contributed by atoms with Gasteiger partial charge in [0, 0.05) is 30.9 Å². The van der Waals surface area contributed by atoms with E-state index in [1.165, 1.54) is 0 Å². The van der Waals surface area contributed by atoms with Gasteiger partial charge in [-0.1, -0.05) is 48.5 Å². The van der Waals surface area contributed by atoms with Crippen molar-refractivity contribution in [2.24, 2.45) is 5.92 Å². The number of nitrogens with one attached hydrogen (secondary N) is 2. The lowest BCUT2D eigenvalue weighted by Crippen LogP contribution is -2.34. The standard InChI is InChI=1S/C28H29N3O4/c1-20-7-5-6-10-25(20)30-26(32)19-35-24-13-11-23(12-14-24)31-18-22(17-27(31)33)28(34)29-16-15-21-8-3-2-4-9-21/h2-14,22H,15-19H2,1H3,(H,29,34)(H,30,32). The third-order valence-electron chi connectivity index (χ3n) is 5.99. The van der Waals surface area contributed by atoms with Crippen molar-refractivity contribution in [3.8, 4) is 5.75 Å². The normalized spacial score (nSPS) is 15.1. The van der Waals surface area contributed by atoms with E-state index in [-0.39, 0.29) is 36.7 Å². The number of carbonyl (C=O) groups is 3. The van der Waals surface area contributed by atoms with Crippen LogP contribution in [0.3, 0.4) is 0 Å². The molecular formula is C28H29N3O4. The molecule has 180 valence electrons. The first kappa shape index (κ1) is 24.0. The number of ether oxygens (including phenoxy) is 1. The summed E-state index contributed by atoms with van der Waals surface area (Å²) in [6, 6.07) is 24.5. The SMILES string of the molecule is Cc1ccccc1NC(=O)COc1ccc(N2CC(C(=O)NCCc3ccccc3)CC2=O)cc1. The van der Waals surface area contributed by atoms with Crippen molar-refractivity contribution in [2.75, 3.05) is 29.9 Å². The molecule has 7 nitrogen and oxygen atoms in total. The lowest BCUT2D eigenvalue weighted by atomic mass is 10.1. The molecule has 0 aliphatic carbocycles. The Labute approximate surface area is 205 Å². The Morgan fingerprint density at radius 2 is 1.69 bits per heavy atom. The van der Waals surface area contributed by atoms with Crippen LogP contribution in [0.4, 0.5) is 11.4 Å². The van der Waals surface area contributed by atoms with Crippen LogP contribution in [0.25, 0.3) is 0 Å². The fourth-order valence-electron chi connectivity index (χ4n) is 4.02. The average molecular weight is 472 g/mol. The van der Waals surface area contributed by atoms with Crippen LogP contribution in [0.2, 0.25) is 0 Å². The molecule has 0 aromatic heterocycles. The Balaban J connectivity index is 1.24. The number of amides is 3. The van der Waals surface area contributed by atoms with Crippen LogP contribution < -0.4 is 20.3 Å². The quantitative estimate of drug-likeness (QED) is 0.498. The summed E-state index contributed by atoms with van der Waals surface area (Å²) < 4.78 is 5.58. The van der Waals surface area contributed by atoms with Crippen molar-refractivity contribution in [2.45, 2.75) is 19.8 Å². The minimum atomic E-state index is -0.376. The summed E-state index contributed by atoms with van der Waals surface area (Å²) >= 11 is 0. The summed E-state index contributed by atoms with van der Waals surface area (Å²) in [6.07, 6.45) is 0.940. The van der Waals surface area contributed by atoms with Gasteiger partial charge in [0.2, 0.25) is 11.8 Å². The van der Waals surface area contributed by atoms with Crippen LogP contribution in [-0.2, 0) is 20.8 Å². The van der Waals surface area contributed by atoms with Gasteiger partial charge in [-0.15, -0.1) is 0 Å². The summed E-state index contributed by atoms with van der Waals surface area (Å²) in [5, 5.41) is 5.77. The molecule has 0 saturated carbocycles. The van der Waals surface area contributed by atoms with Crippen LogP contribution in [-0.4, -0.2) is 37.4 Å². The minimum Gasteiger partial charge on any atom is -0.484 e. The van der Waals surface area contributed by atoms with Gasteiger partial charge in [-0.05, 0) is 54.8 Å². The fourth-order valence-corrected chi connectivity index (χ4v) is 4.02. The molecule has 2 N–H and O–H groups in total. The molecule has 4 rings (SSSR count). The minimum absolute atomic E-state index is 0.0838. The summed E-state index contributed by atoms with van der Waals surface area (Å²) in [5.74, 6) is -0.287. The van der Waals surface area contributed by atoms with Gasteiger partial charge in [0.05, 0.1) is 5.92 Å². The smallest absolute Gasteiger partial charge is 0.262 e. The maximum absolute atomic E-state index is 12.6. The number of carbonyl (C=O) groups excluding carboxylic acids is 3. The van der Waals surface area contributed by atoms with Crippen molar-refractivity contribution in [3.05, 3.63) is 90.0 Å². The van der Waals surface area contributed by atoms with Crippen molar-refractivity contribution in [1.82, 2.24) is 5.32 Å². The zero-order chi connectivity index (χ0) is 24.6. The summed E-state index contributed by atoms with van der Waals surface area (Å²) in [4.78, 5) is 38.9. The zero-order valence-electron chi connectivity index (χ0n) is 19.7. The molecule has 1 fully saturated rings. The highest BCUT2D eigenvalue weighted by atomic mass is 16.5. The second-order valence-electron chi connectivity index (χ2n) is 8.58. The molecule has 1 aliphatic heterocycles. The highest BCUT2D eigenvalue weighted by Gasteiger charge is 2.34. The van der Waals surface area contributed by atoms with Gasteiger partial charge in [0.15, 0.2) is 6.61 Å². The van der Waals surface area contributed by atoms with E-state index in [0.29, 0.717) is 24.5 Å². The van der Waals surface area contributed by atoms with Crippen LogP contribution >= 0.6 is 0 Å². The molecule has 1 atom stereocenters. The Hall–Kier alpha value is -4.13. The Bertz CT molecular complexity index is 1180. The average Bonchev–Trinajstić information content (AvgIpc) is 3.27. The second-order valence-corrected chi connectivity index (χ2v) is 8.58. The van der Waals surface area contributed by atoms with Crippen molar-refractivity contribution < 1.29 is 19.1 Å². The third kappa shape index (κ3) is 6.47. The van der Waals surface area contributed by atoms with Crippen LogP contribution in [0, 0.1) is 12.8 Å². The number of hydrogen-bond donors (Lipinski definition) is 2. The monoisotopic (exact) mass is 471 g/mol. The van der Waals surface area contributed by atoms with Gasteiger partial charge in [0.25, 0.3) is 5.91 Å². The number of aryl methyl sites for hydroxylation is 1. The first-order valence-corrected chi connectivity index (χ1v) is 11.7. The predicted molar refractivity (Wildman–Crippen MR) is 135 cm³/mol. The molecule has 3 aromatic rings. The molecule has 35 heavy (non-hydrogen) atoms. The van der Waals surface area contributed by atoms with Crippen LogP contribution in [0.1, 0.15) is 17.5 Å². The Kier molecular flexibility index (Phi) is 7.77. The van der Waals surface area contributed by atoms with E-state index < -0.39 is 0 Å². The molecule has 1 aliphatic rings. The largest absolute Gasteiger partial charge is 0.484 e. The highest BCUT2D eigenvalue weighted by Crippen LogP contribution is 2.27. The number of benzene rings is 3. The molecule has 0 spiro atoms. The van der Waals surface area contributed by atoms with Gasteiger partial charge < -0.3 is 20.3 Å². The van der Waals surface area contributed by atoms with Gasteiger partial charge >= 0.3 is 0 Å². The van der Waals surface area contributed by atoms with E-state index in [1.54, 1.807) is 29.2 Å². The van der Waals surface area contributed by atoms with Gasteiger partial charge in [0.1, 0.15) is 5.75 Å². The van der Waals surface area contributed by atoms with E-state index in [9.17, 15) is 14.4 Å². The van der Waals surface area contributed by atoms with E-state index in [4.69, 9.17) is 4.74 Å². The Morgan fingerprint density at radius 3 is 2.43 bits per heavy atom. The van der Waals surface area contributed by atoms with Gasteiger partial charge in [-0.2, -0.15) is 0 Å². The first-order valence-electron chi connectivity index (χ1n) is 11.7. The number of hydrogen-bond acceptors (Lipinski definition) is 4. The molecule has 1 unspecified atom stereocenters. The molecule has 1 saturated heterocycles. The number of rotatable bonds is 9.